The van der Waals surface area contributed by atoms with E-state index in [-0.39, 0.29) is 0 Å². The summed E-state index contributed by atoms with van der Waals surface area (Å²) >= 11 is 0. The van der Waals surface area contributed by atoms with Gasteiger partial charge in [0.2, 0.25) is 0 Å². The second kappa shape index (κ2) is 2.66. The van der Waals surface area contributed by atoms with Crippen LogP contribution in [0.4, 0.5) is 0 Å². The lowest BCUT2D eigenvalue weighted by Gasteiger charge is -2.14. The van der Waals surface area contributed by atoms with Gasteiger partial charge in [0.1, 0.15) is 0 Å². The van der Waals surface area contributed by atoms with Crippen LogP contribution in [0.25, 0.3) is 0 Å². The van der Waals surface area contributed by atoms with Gasteiger partial charge in [-0.2, -0.15) is 0 Å². The van der Waals surface area contributed by atoms with Crippen molar-refractivity contribution in [3.05, 3.63) is 0 Å². The zero-order valence-corrected chi connectivity index (χ0v) is 8.48. The van der Waals surface area contributed by atoms with E-state index >= 15 is 0 Å². The first-order valence-corrected chi connectivity index (χ1v) is 7.75. The first-order valence-electron chi connectivity index (χ1n) is 4.17. The number of hydrogen-bond donors (Lipinski definition) is 0. The van der Waals surface area contributed by atoms with Gasteiger partial charge < -0.3 is 4.74 Å². The van der Waals surface area contributed by atoms with Crippen LogP contribution in [0.1, 0.15) is 13.3 Å². The Morgan fingerprint density at radius 3 is 2.30 bits per heavy atom. The van der Waals surface area contributed by atoms with Gasteiger partial charge in [0.15, 0.2) is 0 Å². The molecule has 0 bridgehead atoms. The topological polar surface area (TPSA) is 9.23 Å². The Hall–Kier alpha value is 0.177. The van der Waals surface area contributed by atoms with Crippen molar-refractivity contribution in [2.45, 2.75) is 44.6 Å². The highest BCUT2D eigenvalue weighted by Crippen LogP contribution is 2.47. The predicted molar refractivity (Wildman–Crippen MR) is 47.1 cm³/mol. The molecule has 0 aromatic rings. The Morgan fingerprint density at radius 1 is 1.40 bits per heavy atom. The summed E-state index contributed by atoms with van der Waals surface area (Å²) in [5.41, 5.74) is 0.951. The first kappa shape index (κ1) is 8.28. The Morgan fingerprint density at radius 2 is 2.00 bits per heavy atom. The predicted octanol–water partition coefficient (Wildman–Crippen LogP) is 2.50. The first-order chi connectivity index (χ1) is 4.55. The van der Waals surface area contributed by atoms with E-state index < -0.39 is 8.07 Å². The van der Waals surface area contributed by atoms with Crippen LogP contribution in [-0.4, -0.2) is 20.8 Å². The average Bonchev–Trinajstić information content (AvgIpc) is 2.44. The lowest BCUT2D eigenvalue weighted by Crippen LogP contribution is -2.22. The normalized spacial score (nSPS) is 32.4. The van der Waals surface area contributed by atoms with Gasteiger partial charge in [-0.1, -0.05) is 19.6 Å². The highest BCUT2D eigenvalue weighted by Gasteiger charge is 2.46. The number of hydrogen-bond acceptors (Lipinski definition) is 1. The third-order valence-corrected chi connectivity index (χ3v) is 5.06. The van der Waals surface area contributed by atoms with E-state index in [0.29, 0.717) is 6.10 Å². The Bertz CT molecular complexity index is 117. The SMILES string of the molecule is CCO[C@@H]1C[C@@H]1[Si](C)(C)C. The summed E-state index contributed by atoms with van der Waals surface area (Å²) in [7, 11) is -0.849. The molecule has 1 fully saturated rings. The molecular formula is C8H18OSi. The fourth-order valence-electron chi connectivity index (χ4n) is 1.48. The monoisotopic (exact) mass is 158 g/mol. The van der Waals surface area contributed by atoms with Crippen LogP contribution in [0.3, 0.4) is 0 Å². The van der Waals surface area contributed by atoms with Gasteiger partial charge in [-0.25, -0.2) is 0 Å². The summed E-state index contributed by atoms with van der Waals surface area (Å²) in [6, 6.07) is 0. The van der Waals surface area contributed by atoms with Gasteiger partial charge in [0.25, 0.3) is 0 Å². The summed E-state index contributed by atoms with van der Waals surface area (Å²) in [5.74, 6) is 0. The zero-order chi connectivity index (χ0) is 7.78. The zero-order valence-electron chi connectivity index (χ0n) is 7.48. The standard InChI is InChI=1S/C8H18OSi/c1-5-9-7-6-8(7)10(2,3)4/h7-8H,5-6H2,1-4H3/t7-,8+/m1/s1. The van der Waals surface area contributed by atoms with Gasteiger partial charge in [0, 0.05) is 6.61 Å². The second-order valence-corrected chi connectivity index (χ2v) is 9.68. The molecule has 2 heteroatoms. The molecule has 60 valence electrons. The van der Waals surface area contributed by atoms with Gasteiger partial charge in [-0.15, -0.1) is 0 Å². The molecular weight excluding hydrogens is 140 g/mol. The van der Waals surface area contributed by atoms with Crippen molar-refractivity contribution in [3.63, 3.8) is 0 Å². The minimum Gasteiger partial charge on any atom is -0.379 e. The maximum absolute atomic E-state index is 5.53. The molecule has 1 nitrogen and oxygen atoms in total. The van der Waals surface area contributed by atoms with Crippen molar-refractivity contribution in [1.29, 1.82) is 0 Å². The number of ether oxygens (including phenoxy) is 1. The van der Waals surface area contributed by atoms with Crippen LogP contribution in [0, 0.1) is 0 Å². The fourth-order valence-corrected chi connectivity index (χ4v) is 3.63. The van der Waals surface area contributed by atoms with Crippen LogP contribution >= 0.6 is 0 Å². The molecule has 0 spiro atoms. The third kappa shape index (κ3) is 1.83. The summed E-state index contributed by atoms with van der Waals surface area (Å²) in [6.07, 6.45) is 1.97. The molecule has 0 aromatic heterocycles. The van der Waals surface area contributed by atoms with Gasteiger partial charge >= 0.3 is 0 Å². The smallest absolute Gasteiger partial charge is 0.0581 e. The largest absolute Gasteiger partial charge is 0.379 e. The fraction of sp³-hybridized carbons (Fsp3) is 1.00. The molecule has 2 atom stereocenters. The molecule has 0 saturated heterocycles. The van der Waals surface area contributed by atoms with E-state index in [2.05, 4.69) is 26.6 Å². The molecule has 1 aliphatic carbocycles. The van der Waals surface area contributed by atoms with Crippen molar-refractivity contribution in [3.8, 4) is 0 Å². The van der Waals surface area contributed by atoms with Gasteiger partial charge in [-0.3, -0.25) is 0 Å². The highest BCUT2D eigenvalue weighted by atomic mass is 28.3. The molecule has 0 aromatic carbocycles. The van der Waals surface area contributed by atoms with Crippen LogP contribution < -0.4 is 0 Å². The van der Waals surface area contributed by atoms with E-state index in [0.717, 1.165) is 12.1 Å². The van der Waals surface area contributed by atoms with E-state index in [4.69, 9.17) is 4.74 Å². The lowest BCUT2D eigenvalue weighted by atomic mass is 10.8. The molecule has 1 aliphatic rings. The molecule has 0 N–H and O–H groups in total. The minimum atomic E-state index is -0.849. The van der Waals surface area contributed by atoms with Crippen LogP contribution in [-0.2, 0) is 4.74 Å². The summed E-state index contributed by atoms with van der Waals surface area (Å²) in [6.45, 7) is 10.3. The summed E-state index contributed by atoms with van der Waals surface area (Å²) in [4.78, 5) is 0. The quantitative estimate of drug-likeness (QED) is 0.573. The molecule has 0 unspecified atom stereocenters. The Balaban J connectivity index is 2.25. The molecule has 1 saturated carbocycles. The van der Waals surface area contributed by atoms with Crippen molar-refractivity contribution >= 4 is 8.07 Å². The highest BCUT2D eigenvalue weighted by molar-refractivity contribution is 6.78. The van der Waals surface area contributed by atoms with Crippen molar-refractivity contribution < 1.29 is 4.74 Å². The Kier molecular flexibility index (Phi) is 2.20. The van der Waals surface area contributed by atoms with E-state index in [9.17, 15) is 0 Å². The van der Waals surface area contributed by atoms with Crippen LogP contribution in [0.5, 0.6) is 0 Å². The van der Waals surface area contributed by atoms with E-state index in [1.54, 1.807) is 0 Å². The third-order valence-electron chi connectivity index (χ3n) is 2.23. The number of rotatable bonds is 3. The van der Waals surface area contributed by atoms with Gasteiger partial charge in [-0.05, 0) is 18.9 Å². The maximum atomic E-state index is 5.53. The van der Waals surface area contributed by atoms with E-state index in [1.165, 1.54) is 6.42 Å². The maximum Gasteiger partial charge on any atom is 0.0581 e. The average molecular weight is 158 g/mol. The van der Waals surface area contributed by atoms with Crippen molar-refractivity contribution in [1.82, 2.24) is 0 Å². The van der Waals surface area contributed by atoms with Gasteiger partial charge in [0.05, 0.1) is 14.2 Å². The van der Waals surface area contributed by atoms with Crippen molar-refractivity contribution in [2.24, 2.45) is 0 Å². The lowest BCUT2D eigenvalue weighted by molar-refractivity contribution is 0.132. The van der Waals surface area contributed by atoms with Crippen molar-refractivity contribution in [2.75, 3.05) is 6.61 Å². The summed E-state index contributed by atoms with van der Waals surface area (Å²) < 4.78 is 5.53. The molecule has 10 heavy (non-hydrogen) atoms. The van der Waals surface area contributed by atoms with Crippen LogP contribution in [0.2, 0.25) is 25.2 Å². The molecule has 0 radical (unpaired) electrons. The van der Waals surface area contributed by atoms with E-state index in [1.807, 2.05) is 0 Å². The molecule has 0 heterocycles. The molecule has 0 amide bonds. The summed E-state index contributed by atoms with van der Waals surface area (Å²) in [5, 5.41) is 0. The Labute approximate surface area is 64.8 Å². The molecule has 0 aliphatic heterocycles. The second-order valence-electron chi connectivity index (χ2n) is 4.20. The molecule has 1 rings (SSSR count). The van der Waals surface area contributed by atoms with Crippen LogP contribution in [0.15, 0.2) is 0 Å². The minimum absolute atomic E-state index is 0.636.